The van der Waals surface area contributed by atoms with E-state index in [-0.39, 0.29) is 5.97 Å². The first-order valence-electron chi connectivity index (χ1n) is 8.05. The van der Waals surface area contributed by atoms with Crippen LogP contribution >= 0.6 is 0 Å². The molecule has 0 aliphatic rings. The predicted octanol–water partition coefficient (Wildman–Crippen LogP) is 3.55. The quantitative estimate of drug-likeness (QED) is 0.579. The van der Waals surface area contributed by atoms with E-state index in [1.54, 1.807) is 6.92 Å². The first-order chi connectivity index (χ1) is 10.5. The van der Waals surface area contributed by atoms with Crippen molar-refractivity contribution in [2.75, 3.05) is 6.61 Å². The number of aromatic amines is 1. The number of nitrogens with one attached hydrogen (secondary N) is 1. The minimum absolute atomic E-state index is 0.325. The third-order valence-electron chi connectivity index (χ3n) is 3.93. The van der Waals surface area contributed by atoms with Crippen molar-refractivity contribution in [3.63, 3.8) is 0 Å². The number of nitrogens with two attached hydrogens (primary N) is 1. The number of carbonyl (C=O) groups is 1. The average Bonchev–Trinajstić information content (AvgIpc) is 2.89. The Bertz CT molecular complexity index is 616. The highest BCUT2D eigenvalue weighted by atomic mass is 16.5. The molecular weight excluding hydrogens is 276 g/mol. The molecule has 4 heteroatoms. The molecular formula is C18H26N2O2. The first-order valence-corrected chi connectivity index (χ1v) is 8.05. The molecule has 0 aliphatic carbocycles. The number of hydrogen-bond donors (Lipinski definition) is 2. The van der Waals surface area contributed by atoms with Gasteiger partial charge in [-0.25, -0.2) is 0 Å². The number of hydrogen-bond acceptors (Lipinski definition) is 3. The van der Waals surface area contributed by atoms with Crippen molar-refractivity contribution < 1.29 is 9.53 Å². The van der Waals surface area contributed by atoms with Gasteiger partial charge >= 0.3 is 5.97 Å². The lowest BCUT2D eigenvalue weighted by Crippen LogP contribution is -2.48. The van der Waals surface area contributed by atoms with Crippen molar-refractivity contribution in [1.29, 1.82) is 0 Å². The Morgan fingerprint density at radius 2 is 2.05 bits per heavy atom. The molecule has 1 heterocycles. The summed E-state index contributed by atoms with van der Waals surface area (Å²) in [6.45, 7) is 4.35. The maximum atomic E-state index is 12.2. The smallest absolute Gasteiger partial charge is 0.326 e. The molecule has 2 rings (SSSR count). The van der Waals surface area contributed by atoms with Crippen molar-refractivity contribution in [3.05, 3.63) is 36.0 Å². The Kier molecular flexibility index (Phi) is 5.61. The molecule has 0 bridgehead atoms. The Hall–Kier alpha value is -1.81. The van der Waals surface area contributed by atoms with E-state index in [0.717, 1.165) is 29.3 Å². The summed E-state index contributed by atoms with van der Waals surface area (Å²) in [6.07, 6.45) is 6.72. The van der Waals surface area contributed by atoms with Gasteiger partial charge in [-0.05, 0) is 25.0 Å². The fourth-order valence-electron chi connectivity index (χ4n) is 2.60. The second-order valence-electron chi connectivity index (χ2n) is 6.15. The molecule has 120 valence electrons. The van der Waals surface area contributed by atoms with E-state index in [4.69, 9.17) is 10.5 Å². The second-order valence-corrected chi connectivity index (χ2v) is 6.15. The zero-order valence-electron chi connectivity index (χ0n) is 13.5. The summed E-state index contributed by atoms with van der Waals surface area (Å²) in [5.74, 6) is -0.325. The van der Waals surface area contributed by atoms with Gasteiger partial charge in [-0.3, -0.25) is 4.79 Å². The number of unbranched alkanes of at least 4 members (excludes halogenated alkanes) is 3. The highest BCUT2D eigenvalue weighted by molar-refractivity contribution is 5.86. The number of carbonyl (C=O) groups excluding carboxylic acids is 1. The van der Waals surface area contributed by atoms with Crippen LogP contribution in [0, 0.1) is 0 Å². The molecule has 0 spiro atoms. The zero-order chi connectivity index (χ0) is 16.0. The molecule has 4 nitrogen and oxygen atoms in total. The Morgan fingerprint density at radius 3 is 2.82 bits per heavy atom. The van der Waals surface area contributed by atoms with Crippen molar-refractivity contribution in [2.24, 2.45) is 5.73 Å². The third kappa shape index (κ3) is 4.10. The number of H-pyrrole nitrogens is 1. The summed E-state index contributed by atoms with van der Waals surface area (Å²) in [6, 6.07) is 8.01. The summed E-state index contributed by atoms with van der Waals surface area (Å²) in [7, 11) is 0. The van der Waals surface area contributed by atoms with Crippen LogP contribution in [0.1, 0.15) is 45.1 Å². The fraction of sp³-hybridized carbons (Fsp3) is 0.500. The van der Waals surface area contributed by atoms with Gasteiger partial charge in [0.2, 0.25) is 0 Å². The predicted molar refractivity (Wildman–Crippen MR) is 89.7 cm³/mol. The molecule has 0 saturated carbocycles. The van der Waals surface area contributed by atoms with Crippen LogP contribution in [0.25, 0.3) is 10.9 Å². The minimum Gasteiger partial charge on any atom is -0.464 e. The van der Waals surface area contributed by atoms with Gasteiger partial charge in [-0.2, -0.15) is 0 Å². The van der Waals surface area contributed by atoms with Gasteiger partial charge in [0.25, 0.3) is 0 Å². The van der Waals surface area contributed by atoms with Gasteiger partial charge in [0.1, 0.15) is 5.54 Å². The largest absolute Gasteiger partial charge is 0.464 e. The molecule has 0 aliphatic heterocycles. The van der Waals surface area contributed by atoms with E-state index in [2.05, 4.69) is 11.9 Å². The van der Waals surface area contributed by atoms with Crippen LogP contribution < -0.4 is 5.73 Å². The number of rotatable bonds is 8. The maximum Gasteiger partial charge on any atom is 0.326 e. The van der Waals surface area contributed by atoms with Crippen LogP contribution in [0.15, 0.2) is 30.5 Å². The van der Waals surface area contributed by atoms with Crippen molar-refractivity contribution in [3.8, 4) is 0 Å². The first kappa shape index (κ1) is 16.6. The number of esters is 1. The summed E-state index contributed by atoms with van der Waals surface area (Å²) in [5, 5.41) is 1.11. The average molecular weight is 302 g/mol. The van der Waals surface area contributed by atoms with E-state index in [9.17, 15) is 4.79 Å². The molecule has 0 amide bonds. The Balaban J connectivity index is 1.93. The van der Waals surface area contributed by atoms with Crippen LogP contribution in [0.4, 0.5) is 0 Å². The van der Waals surface area contributed by atoms with E-state index >= 15 is 0 Å². The minimum atomic E-state index is -1.00. The van der Waals surface area contributed by atoms with Crippen LogP contribution in [0.3, 0.4) is 0 Å². The van der Waals surface area contributed by atoms with Crippen LogP contribution in [-0.4, -0.2) is 23.1 Å². The molecule has 0 fully saturated rings. The highest BCUT2D eigenvalue weighted by Crippen LogP contribution is 2.22. The summed E-state index contributed by atoms with van der Waals surface area (Å²) < 4.78 is 5.34. The van der Waals surface area contributed by atoms with Crippen LogP contribution in [0.5, 0.6) is 0 Å². The molecule has 3 N–H and O–H groups in total. The number of benzene rings is 1. The number of aromatic nitrogens is 1. The molecule has 1 aromatic carbocycles. The molecule has 0 saturated heterocycles. The normalized spacial score (nSPS) is 14.0. The lowest BCUT2D eigenvalue weighted by atomic mass is 9.94. The van der Waals surface area contributed by atoms with Gasteiger partial charge in [0.05, 0.1) is 6.61 Å². The Labute approximate surface area is 132 Å². The highest BCUT2D eigenvalue weighted by Gasteiger charge is 2.31. The maximum absolute atomic E-state index is 12.2. The van der Waals surface area contributed by atoms with E-state index in [1.807, 2.05) is 30.5 Å². The second kappa shape index (κ2) is 7.45. The monoisotopic (exact) mass is 302 g/mol. The third-order valence-corrected chi connectivity index (χ3v) is 3.93. The number of ether oxygens (including phenoxy) is 1. The molecule has 22 heavy (non-hydrogen) atoms. The van der Waals surface area contributed by atoms with E-state index in [1.165, 1.54) is 12.8 Å². The van der Waals surface area contributed by atoms with Gasteiger partial charge in [-0.1, -0.05) is 44.4 Å². The van der Waals surface area contributed by atoms with Gasteiger partial charge < -0.3 is 15.5 Å². The zero-order valence-corrected chi connectivity index (χ0v) is 13.5. The SMILES string of the molecule is CCCCCCOC(=O)C(C)(N)Cc1c[nH]c2ccccc12. The van der Waals surface area contributed by atoms with Gasteiger partial charge in [0.15, 0.2) is 0 Å². The lowest BCUT2D eigenvalue weighted by molar-refractivity contribution is -0.149. The summed E-state index contributed by atoms with van der Waals surface area (Å²) in [5.41, 5.74) is 7.29. The topological polar surface area (TPSA) is 68.1 Å². The van der Waals surface area contributed by atoms with Crippen molar-refractivity contribution in [1.82, 2.24) is 4.98 Å². The lowest BCUT2D eigenvalue weighted by Gasteiger charge is -2.22. The molecule has 1 unspecified atom stereocenters. The number of fused-ring (bicyclic) bond motifs is 1. The molecule has 0 radical (unpaired) electrons. The van der Waals surface area contributed by atoms with Crippen LogP contribution in [-0.2, 0) is 16.0 Å². The van der Waals surface area contributed by atoms with Crippen molar-refractivity contribution in [2.45, 2.75) is 51.5 Å². The molecule has 1 aromatic heterocycles. The van der Waals surface area contributed by atoms with Gasteiger partial charge in [-0.15, -0.1) is 0 Å². The summed E-state index contributed by atoms with van der Waals surface area (Å²) in [4.78, 5) is 15.4. The Morgan fingerprint density at radius 1 is 1.27 bits per heavy atom. The van der Waals surface area contributed by atoms with Crippen LogP contribution in [0.2, 0.25) is 0 Å². The molecule has 1 atom stereocenters. The standard InChI is InChI=1S/C18H26N2O2/c1-3-4-5-8-11-22-17(21)18(2,19)12-14-13-20-16-10-7-6-9-15(14)16/h6-7,9-10,13,20H,3-5,8,11-12,19H2,1-2H3. The van der Waals surface area contributed by atoms with E-state index < -0.39 is 5.54 Å². The van der Waals surface area contributed by atoms with Crippen molar-refractivity contribution >= 4 is 16.9 Å². The summed E-state index contributed by atoms with van der Waals surface area (Å²) >= 11 is 0. The van der Waals surface area contributed by atoms with Gasteiger partial charge in [0, 0.05) is 23.5 Å². The number of para-hydroxylation sites is 1. The molecule has 2 aromatic rings. The van der Waals surface area contributed by atoms with E-state index in [0.29, 0.717) is 13.0 Å². The fourth-order valence-corrected chi connectivity index (χ4v) is 2.60.